The molecule has 0 saturated heterocycles. The molecule has 6 nitrogen and oxygen atoms in total. The van der Waals surface area contributed by atoms with Crippen molar-refractivity contribution in [1.29, 1.82) is 0 Å². The highest BCUT2D eigenvalue weighted by atomic mass is 16.6. The van der Waals surface area contributed by atoms with Crippen LogP contribution in [0.4, 0.5) is 11.4 Å². The lowest BCUT2D eigenvalue weighted by molar-refractivity contribution is -0.384. The number of nitro benzene ring substituents is 1. The van der Waals surface area contributed by atoms with E-state index in [9.17, 15) is 15.2 Å². The Morgan fingerprint density at radius 2 is 2.15 bits per heavy atom. The van der Waals surface area contributed by atoms with Crippen LogP contribution < -0.4 is 5.73 Å². The van der Waals surface area contributed by atoms with Crippen LogP contribution in [0.2, 0.25) is 0 Å². The maximum absolute atomic E-state index is 10.9. The molecule has 3 N–H and O–H groups in total. The Balaban J connectivity index is 2.09. The average Bonchev–Trinajstić information content (AvgIpc) is 2.41. The SMILES string of the molecule is CN(Cc1ccc(N)c([N+](=O)[O-])c1)C1CCCCC1O. The Morgan fingerprint density at radius 1 is 1.45 bits per heavy atom. The van der Waals surface area contributed by atoms with E-state index < -0.39 is 4.92 Å². The van der Waals surface area contributed by atoms with E-state index in [1.807, 2.05) is 7.05 Å². The highest BCUT2D eigenvalue weighted by Crippen LogP contribution is 2.26. The predicted molar refractivity (Wildman–Crippen MR) is 77.2 cm³/mol. The van der Waals surface area contributed by atoms with Crippen molar-refractivity contribution >= 4 is 11.4 Å². The Labute approximate surface area is 118 Å². The van der Waals surface area contributed by atoms with E-state index in [0.717, 1.165) is 31.2 Å². The highest BCUT2D eigenvalue weighted by molar-refractivity contribution is 5.59. The first-order valence-corrected chi connectivity index (χ1v) is 6.90. The molecule has 1 aliphatic carbocycles. The third-order valence-electron chi connectivity index (χ3n) is 3.98. The molecule has 0 bridgehead atoms. The van der Waals surface area contributed by atoms with Crippen LogP contribution in [0.5, 0.6) is 0 Å². The van der Waals surface area contributed by atoms with E-state index in [4.69, 9.17) is 5.73 Å². The molecule has 2 rings (SSSR count). The van der Waals surface area contributed by atoms with Gasteiger partial charge >= 0.3 is 0 Å². The quantitative estimate of drug-likeness (QED) is 0.499. The summed E-state index contributed by atoms with van der Waals surface area (Å²) < 4.78 is 0. The Morgan fingerprint density at radius 3 is 2.80 bits per heavy atom. The third-order valence-corrected chi connectivity index (χ3v) is 3.98. The lowest BCUT2D eigenvalue weighted by Crippen LogP contribution is -2.42. The minimum absolute atomic E-state index is 0.0555. The molecule has 6 heteroatoms. The van der Waals surface area contributed by atoms with Gasteiger partial charge in [-0.05, 0) is 31.5 Å². The van der Waals surface area contributed by atoms with Crippen LogP contribution in [-0.4, -0.2) is 34.1 Å². The van der Waals surface area contributed by atoms with Crippen molar-refractivity contribution in [3.8, 4) is 0 Å². The Bertz CT molecular complexity index is 493. The van der Waals surface area contributed by atoms with Crippen molar-refractivity contribution in [2.75, 3.05) is 12.8 Å². The van der Waals surface area contributed by atoms with Crippen LogP contribution in [0.1, 0.15) is 31.2 Å². The molecule has 1 aliphatic rings. The standard InChI is InChI=1S/C14H21N3O3/c1-16(12-4-2-3-5-14(12)18)9-10-6-7-11(15)13(8-10)17(19)20/h6-8,12,14,18H,2-5,9,15H2,1H3. The first-order valence-electron chi connectivity index (χ1n) is 6.90. The first kappa shape index (κ1) is 14.7. The topological polar surface area (TPSA) is 92.6 Å². The molecule has 0 radical (unpaired) electrons. The maximum atomic E-state index is 10.9. The van der Waals surface area contributed by atoms with Crippen molar-refractivity contribution in [1.82, 2.24) is 4.90 Å². The van der Waals surface area contributed by atoms with Gasteiger partial charge in [-0.2, -0.15) is 0 Å². The summed E-state index contributed by atoms with van der Waals surface area (Å²) in [5.74, 6) is 0. The van der Waals surface area contributed by atoms with E-state index in [1.165, 1.54) is 6.07 Å². The van der Waals surface area contributed by atoms with Gasteiger partial charge in [0, 0.05) is 18.7 Å². The van der Waals surface area contributed by atoms with Crippen molar-refractivity contribution in [3.63, 3.8) is 0 Å². The zero-order valence-electron chi connectivity index (χ0n) is 11.7. The van der Waals surface area contributed by atoms with Gasteiger partial charge in [-0.3, -0.25) is 15.0 Å². The number of hydrogen-bond donors (Lipinski definition) is 2. The van der Waals surface area contributed by atoms with Crippen LogP contribution in [0.25, 0.3) is 0 Å². The number of anilines is 1. The molecule has 0 aromatic heterocycles. The van der Waals surface area contributed by atoms with Crippen molar-refractivity contribution in [2.45, 2.75) is 44.4 Å². The Hall–Kier alpha value is -1.66. The summed E-state index contributed by atoms with van der Waals surface area (Å²) in [7, 11) is 1.95. The van der Waals surface area contributed by atoms with Crippen LogP contribution in [0, 0.1) is 10.1 Å². The smallest absolute Gasteiger partial charge is 0.292 e. The molecular formula is C14H21N3O3. The van der Waals surface area contributed by atoms with Crippen molar-refractivity contribution in [2.24, 2.45) is 0 Å². The second-order valence-electron chi connectivity index (χ2n) is 5.48. The summed E-state index contributed by atoms with van der Waals surface area (Å²) in [5.41, 5.74) is 6.55. The van der Waals surface area contributed by atoms with Gasteiger partial charge in [-0.15, -0.1) is 0 Å². The minimum atomic E-state index is -0.464. The summed E-state index contributed by atoms with van der Waals surface area (Å²) in [4.78, 5) is 12.5. The molecule has 0 amide bonds. The molecule has 1 saturated carbocycles. The molecule has 110 valence electrons. The van der Waals surface area contributed by atoms with Crippen molar-refractivity contribution in [3.05, 3.63) is 33.9 Å². The average molecular weight is 279 g/mol. The van der Waals surface area contributed by atoms with Crippen LogP contribution in [0.15, 0.2) is 18.2 Å². The number of aliphatic hydroxyl groups is 1. The van der Waals surface area contributed by atoms with Gasteiger partial charge in [-0.25, -0.2) is 0 Å². The highest BCUT2D eigenvalue weighted by Gasteiger charge is 2.26. The van der Waals surface area contributed by atoms with E-state index >= 15 is 0 Å². The van der Waals surface area contributed by atoms with Crippen LogP contribution in [-0.2, 0) is 6.54 Å². The summed E-state index contributed by atoms with van der Waals surface area (Å²) in [6.45, 7) is 0.572. The van der Waals surface area contributed by atoms with E-state index in [1.54, 1.807) is 12.1 Å². The lowest BCUT2D eigenvalue weighted by atomic mass is 9.91. The number of nitrogens with zero attached hydrogens (tertiary/aromatic N) is 2. The fourth-order valence-corrected chi connectivity index (χ4v) is 2.86. The summed E-state index contributed by atoms with van der Waals surface area (Å²) >= 11 is 0. The van der Waals surface area contributed by atoms with Crippen LogP contribution in [0.3, 0.4) is 0 Å². The second-order valence-corrected chi connectivity index (χ2v) is 5.48. The largest absolute Gasteiger partial charge is 0.393 e. The molecule has 1 aromatic rings. The number of nitrogens with two attached hydrogens (primary N) is 1. The number of nitro groups is 1. The molecule has 0 heterocycles. The van der Waals surface area contributed by atoms with E-state index in [-0.39, 0.29) is 23.5 Å². The minimum Gasteiger partial charge on any atom is -0.393 e. The lowest BCUT2D eigenvalue weighted by Gasteiger charge is -2.35. The molecule has 2 unspecified atom stereocenters. The third kappa shape index (κ3) is 3.26. The number of benzene rings is 1. The monoisotopic (exact) mass is 279 g/mol. The van der Waals surface area contributed by atoms with Gasteiger partial charge in [0.05, 0.1) is 11.0 Å². The van der Waals surface area contributed by atoms with Crippen molar-refractivity contribution < 1.29 is 10.0 Å². The zero-order valence-corrected chi connectivity index (χ0v) is 11.7. The van der Waals surface area contributed by atoms with Crippen LogP contribution >= 0.6 is 0 Å². The summed E-state index contributed by atoms with van der Waals surface area (Å²) in [5, 5.41) is 20.9. The molecule has 1 fully saturated rings. The number of aliphatic hydroxyl groups excluding tert-OH is 1. The van der Waals surface area contributed by atoms with Gasteiger partial charge in [0.1, 0.15) is 5.69 Å². The molecule has 1 aromatic carbocycles. The first-order chi connectivity index (χ1) is 9.49. The zero-order chi connectivity index (χ0) is 14.7. The van der Waals surface area contributed by atoms with E-state index in [2.05, 4.69) is 4.90 Å². The molecule has 0 spiro atoms. The van der Waals surface area contributed by atoms with Gasteiger partial charge in [0.15, 0.2) is 0 Å². The summed E-state index contributed by atoms with van der Waals surface area (Å²) in [6.07, 6.45) is 3.68. The summed E-state index contributed by atoms with van der Waals surface area (Å²) in [6, 6.07) is 5.01. The second kappa shape index (κ2) is 6.19. The van der Waals surface area contributed by atoms with E-state index in [0.29, 0.717) is 6.54 Å². The predicted octanol–water partition coefficient (Wildman–Crippen LogP) is 1.91. The number of nitrogen functional groups attached to an aromatic ring is 1. The normalized spacial score (nSPS) is 22.9. The molecule has 2 atom stereocenters. The number of likely N-dealkylation sites (N-methyl/N-ethyl adjacent to an activating group) is 1. The van der Waals surface area contributed by atoms with Gasteiger partial charge in [0.25, 0.3) is 5.69 Å². The fraction of sp³-hybridized carbons (Fsp3) is 0.571. The number of hydrogen-bond acceptors (Lipinski definition) is 5. The van der Waals surface area contributed by atoms with Gasteiger partial charge in [0.2, 0.25) is 0 Å². The maximum Gasteiger partial charge on any atom is 0.292 e. The fourth-order valence-electron chi connectivity index (χ4n) is 2.86. The van der Waals surface area contributed by atoms with Gasteiger partial charge in [-0.1, -0.05) is 18.9 Å². The van der Waals surface area contributed by atoms with Gasteiger partial charge < -0.3 is 10.8 Å². The molecular weight excluding hydrogens is 258 g/mol. The number of rotatable bonds is 4. The Kier molecular flexibility index (Phi) is 4.57. The molecule has 20 heavy (non-hydrogen) atoms. The molecule has 0 aliphatic heterocycles.